The number of aryl methyl sites for hydroxylation is 1. The minimum absolute atomic E-state index is 0.0934. The zero-order valence-corrected chi connectivity index (χ0v) is 20.7. The van der Waals surface area contributed by atoms with Crippen LogP contribution in [0.5, 0.6) is 0 Å². The summed E-state index contributed by atoms with van der Waals surface area (Å²) in [5, 5.41) is 6.57. The third kappa shape index (κ3) is 4.94. The fourth-order valence-electron chi connectivity index (χ4n) is 4.00. The van der Waals surface area contributed by atoms with Gasteiger partial charge < -0.3 is 5.32 Å². The van der Waals surface area contributed by atoms with Crippen molar-refractivity contribution in [1.29, 1.82) is 0 Å². The lowest BCUT2D eigenvalue weighted by atomic mass is 9.72. The van der Waals surface area contributed by atoms with Crippen molar-refractivity contribution in [2.24, 2.45) is 16.3 Å². The summed E-state index contributed by atoms with van der Waals surface area (Å²) < 4.78 is 0. The lowest BCUT2D eigenvalue weighted by Gasteiger charge is -2.33. The Bertz CT molecular complexity index is 1120. The summed E-state index contributed by atoms with van der Waals surface area (Å²) in [6.45, 7) is 9.01. The average Bonchev–Trinajstić information content (AvgIpc) is 3.29. The van der Waals surface area contributed by atoms with Crippen molar-refractivity contribution in [2.75, 3.05) is 5.32 Å². The number of carbonyl (C=O) groups excluding carboxylic acids is 1. The number of amides is 1. The molecular formula is C25H27ClN2OS2. The molecule has 1 aromatic carbocycles. The van der Waals surface area contributed by atoms with Gasteiger partial charge in [0.25, 0.3) is 5.91 Å². The van der Waals surface area contributed by atoms with Crippen LogP contribution in [0, 0.1) is 18.3 Å². The van der Waals surface area contributed by atoms with Crippen LogP contribution in [-0.4, -0.2) is 12.1 Å². The van der Waals surface area contributed by atoms with E-state index in [4.69, 9.17) is 16.6 Å². The third-order valence-corrected chi connectivity index (χ3v) is 8.37. The number of aliphatic imine (C=N–C) groups is 1. The second-order valence-electron chi connectivity index (χ2n) is 9.18. The molecule has 6 heteroatoms. The summed E-state index contributed by atoms with van der Waals surface area (Å²) in [7, 11) is 0. The zero-order chi connectivity index (χ0) is 22.2. The molecule has 1 atom stereocenters. The van der Waals surface area contributed by atoms with E-state index < -0.39 is 0 Å². The van der Waals surface area contributed by atoms with Crippen LogP contribution in [0.2, 0.25) is 5.02 Å². The van der Waals surface area contributed by atoms with Crippen LogP contribution < -0.4 is 5.32 Å². The largest absolute Gasteiger partial charge is 0.322 e. The van der Waals surface area contributed by atoms with Crippen LogP contribution in [-0.2, 0) is 12.8 Å². The van der Waals surface area contributed by atoms with Gasteiger partial charge in [-0.05, 0) is 84.4 Å². The maximum atomic E-state index is 13.4. The smallest absolute Gasteiger partial charge is 0.259 e. The summed E-state index contributed by atoms with van der Waals surface area (Å²) in [6.07, 6.45) is 4.93. The molecule has 3 nitrogen and oxygen atoms in total. The summed E-state index contributed by atoms with van der Waals surface area (Å²) >= 11 is 9.34. The number of anilines is 1. The van der Waals surface area contributed by atoms with Gasteiger partial charge in [0, 0.05) is 26.7 Å². The highest BCUT2D eigenvalue weighted by Gasteiger charge is 2.33. The molecule has 2 heterocycles. The number of halogens is 1. The molecule has 3 aromatic rings. The summed E-state index contributed by atoms with van der Waals surface area (Å²) in [6, 6.07) is 9.31. The SMILES string of the molecule is Cc1ccsc1C=Nc1sc2c(c1C(=O)Nc1ccc(Cl)cc1)CC[C@H](C(C)(C)C)C2. The molecule has 162 valence electrons. The van der Waals surface area contributed by atoms with Crippen LogP contribution in [0.25, 0.3) is 0 Å². The highest BCUT2D eigenvalue weighted by molar-refractivity contribution is 7.16. The minimum atomic E-state index is -0.0934. The van der Waals surface area contributed by atoms with E-state index in [9.17, 15) is 4.79 Å². The van der Waals surface area contributed by atoms with E-state index >= 15 is 0 Å². The standard InChI is InChI=1S/C25H27ClN2OS2/c1-15-11-12-30-21(15)14-27-24-22(23(29)28-18-8-6-17(26)7-9-18)19-10-5-16(25(2,3)4)13-20(19)31-24/h6-9,11-12,14,16H,5,10,13H2,1-4H3,(H,28,29)/t16-/m0/s1. The second kappa shape index (κ2) is 8.89. The topological polar surface area (TPSA) is 41.5 Å². The molecule has 0 radical (unpaired) electrons. The third-order valence-electron chi connectivity index (χ3n) is 6.00. The van der Waals surface area contributed by atoms with E-state index in [0.717, 1.165) is 40.4 Å². The molecule has 1 amide bonds. The van der Waals surface area contributed by atoms with Crippen LogP contribution >= 0.6 is 34.3 Å². The summed E-state index contributed by atoms with van der Waals surface area (Å²) in [5.74, 6) is 0.520. The quantitative estimate of drug-likeness (QED) is 0.386. The second-order valence-corrected chi connectivity index (χ2v) is 11.6. The molecule has 0 unspecified atom stereocenters. The van der Waals surface area contributed by atoms with E-state index in [1.807, 2.05) is 18.3 Å². The molecule has 1 aliphatic carbocycles. The number of nitrogens with zero attached hydrogens (tertiary/aromatic N) is 1. The van der Waals surface area contributed by atoms with Gasteiger partial charge in [0.2, 0.25) is 0 Å². The molecule has 1 N–H and O–H groups in total. The number of fused-ring (bicyclic) bond motifs is 1. The summed E-state index contributed by atoms with van der Waals surface area (Å²) in [4.78, 5) is 20.6. The van der Waals surface area contributed by atoms with Crippen LogP contribution in [0.4, 0.5) is 10.7 Å². The molecule has 1 aliphatic rings. The van der Waals surface area contributed by atoms with Crippen molar-refractivity contribution in [2.45, 2.75) is 47.0 Å². The van der Waals surface area contributed by atoms with E-state index in [-0.39, 0.29) is 11.3 Å². The predicted octanol–water partition coefficient (Wildman–Crippen LogP) is 7.93. The maximum absolute atomic E-state index is 13.4. The Labute approximate surface area is 197 Å². The highest BCUT2D eigenvalue weighted by atomic mass is 35.5. The number of hydrogen-bond acceptors (Lipinski definition) is 4. The lowest BCUT2D eigenvalue weighted by molar-refractivity contribution is 0.102. The van der Waals surface area contributed by atoms with Gasteiger partial charge >= 0.3 is 0 Å². The van der Waals surface area contributed by atoms with Gasteiger partial charge in [0.05, 0.1) is 5.56 Å². The van der Waals surface area contributed by atoms with Crippen molar-refractivity contribution in [3.05, 3.63) is 67.2 Å². The molecule has 0 bridgehead atoms. The van der Waals surface area contributed by atoms with Crippen molar-refractivity contribution < 1.29 is 4.79 Å². The number of benzene rings is 1. The summed E-state index contributed by atoms with van der Waals surface area (Å²) in [5.41, 5.74) is 4.10. The molecule has 0 saturated heterocycles. The van der Waals surface area contributed by atoms with Crippen LogP contribution in [0.3, 0.4) is 0 Å². The first-order chi connectivity index (χ1) is 14.7. The zero-order valence-electron chi connectivity index (χ0n) is 18.3. The Balaban J connectivity index is 1.70. The molecule has 0 fully saturated rings. The van der Waals surface area contributed by atoms with Crippen molar-refractivity contribution in [1.82, 2.24) is 0 Å². The van der Waals surface area contributed by atoms with Crippen LogP contribution in [0.15, 0.2) is 40.7 Å². The Morgan fingerprint density at radius 3 is 2.61 bits per heavy atom. The Morgan fingerprint density at radius 2 is 1.97 bits per heavy atom. The van der Waals surface area contributed by atoms with Gasteiger partial charge in [-0.15, -0.1) is 22.7 Å². The minimum Gasteiger partial charge on any atom is -0.322 e. The van der Waals surface area contributed by atoms with Crippen molar-refractivity contribution >= 4 is 57.1 Å². The van der Waals surface area contributed by atoms with Crippen molar-refractivity contribution in [3.8, 4) is 0 Å². The highest BCUT2D eigenvalue weighted by Crippen LogP contribution is 2.45. The average molecular weight is 471 g/mol. The molecule has 31 heavy (non-hydrogen) atoms. The Kier molecular flexibility index (Phi) is 6.38. The maximum Gasteiger partial charge on any atom is 0.259 e. The van der Waals surface area contributed by atoms with Gasteiger partial charge in [0.1, 0.15) is 5.00 Å². The van der Waals surface area contributed by atoms with E-state index in [1.165, 1.54) is 16.0 Å². The van der Waals surface area contributed by atoms with Gasteiger partial charge in [-0.25, -0.2) is 4.99 Å². The van der Waals surface area contributed by atoms with E-state index in [0.29, 0.717) is 10.9 Å². The fraction of sp³-hybridized carbons (Fsp3) is 0.360. The molecule has 2 aromatic heterocycles. The first kappa shape index (κ1) is 22.3. The molecule has 0 aliphatic heterocycles. The normalized spacial score (nSPS) is 16.5. The van der Waals surface area contributed by atoms with Gasteiger partial charge in [-0.1, -0.05) is 32.4 Å². The first-order valence-corrected chi connectivity index (χ1v) is 12.6. The molecule has 0 saturated carbocycles. The fourth-order valence-corrected chi connectivity index (χ4v) is 6.18. The van der Waals surface area contributed by atoms with E-state index in [1.54, 1.807) is 34.8 Å². The van der Waals surface area contributed by atoms with Gasteiger partial charge in [-0.3, -0.25) is 4.79 Å². The van der Waals surface area contributed by atoms with Crippen molar-refractivity contribution in [3.63, 3.8) is 0 Å². The predicted molar refractivity (Wildman–Crippen MR) is 135 cm³/mol. The Morgan fingerprint density at radius 1 is 1.23 bits per heavy atom. The monoisotopic (exact) mass is 470 g/mol. The van der Waals surface area contributed by atoms with Gasteiger partial charge in [0.15, 0.2) is 0 Å². The van der Waals surface area contributed by atoms with Crippen LogP contribution in [0.1, 0.15) is 58.4 Å². The Hall–Kier alpha value is -1.95. The first-order valence-electron chi connectivity index (χ1n) is 10.5. The number of nitrogens with one attached hydrogen (secondary N) is 1. The number of carbonyl (C=O) groups is 1. The van der Waals surface area contributed by atoms with E-state index in [2.05, 4.69) is 44.5 Å². The number of hydrogen-bond donors (Lipinski definition) is 1. The lowest BCUT2D eigenvalue weighted by Crippen LogP contribution is -2.27. The van der Waals surface area contributed by atoms with Gasteiger partial charge in [-0.2, -0.15) is 0 Å². The number of thiophene rings is 2. The molecule has 4 rings (SSSR count). The molecule has 0 spiro atoms. The number of rotatable bonds is 4. The molecular weight excluding hydrogens is 444 g/mol.